The molecule has 3 aromatic rings. The average molecular weight is 453 g/mol. The molecular formula is C21H20ClF3N4S. The summed E-state index contributed by atoms with van der Waals surface area (Å²) in [5.41, 5.74) is 7.52. The quantitative estimate of drug-likeness (QED) is 0.464. The molecule has 1 fully saturated rings. The highest BCUT2D eigenvalue weighted by Gasteiger charge is 2.38. The zero-order valence-corrected chi connectivity index (χ0v) is 17.5. The first-order chi connectivity index (χ1) is 14.3. The van der Waals surface area contributed by atoms with Crippen LogP contribution < -0.4 is 11.1 Å². The van der Waals surface area contributed by atoms with Gasteiger partial charge in [0.1, 0.15) is 0 Å². The number of nitrogens with two attached hydrogens (primary N) is 1. The molecule has 30 heavy (non-hydrogen) atoms. The molecule has 2 aromatic heterocycles. The van der Waals surface area contributed by atoms with Gasteiger partial charge in [0.25, 0.3) is 0 Å². The number of hydrogen-bond acceptors (Lipinski definition) is 5. The maximum absolute atomic E-state index is 13.6. The molecule has 158 valence electrons. The molecule has 1 aliphatic carbocycles. The number of thiazole rings is 1. The Morgan fingerprint density at radius 1 is 1.20 bits per heavy atom. The van der Waals surface area contributed by atoms with Crippen LogP contribution in [-0.2, 0) is 6.18 Å². The Hall–Kier alpha value is -2.32. The number of anilines is 1. The van der Waals surface area contributed by atoms with Gasteiger partial charge in [-0.05, 0) is 54.3 Å². The van der Waals surface area contributed by atoms with Crippen molar-refractivity contribution in [3.8, 4) is 10.4 Å². The lowest BCUT2D eigenvalue weighted by Crippen LogP contribution is -2.18. The highest BCUT2D eigenvalue weighted by atomic mass is 35.5. The number of nitrogens with one attached hydrogen (secondary N) is 1. The molecule has 2 heterocycles. The number of halogens is 4. The van der Waals surface area contributed by atoms with Crippen LogP contribution in [-0.4, -0.2) is 21.9 Å². The third-order valence-corrected chi connectivity index (χ3v) is 6.70. The minimum atomic E-state index is -4.55. The molecule has 1 saturated carbocycles. The predicted molar refractivity (Wildman–Crippen MR) is 116 cm³/mol. The molecule has 1 aromatic carbocycles. The zero-order chi connectivity index (χ0) is 21.3. The van der Waals surface area contributed by atoms with E-state index in [2.05, 4.69) is 15.3 Å². The van der Waals surface area contributed by atoms with E-state index in [9.17, 15) is 13.2 Å². The number of hydrogen-bond donors (Lipinski definition) is 2. The summed E-state index contributed by atoms with van der Waals surface area (Å²) in [6.07, 6.45) is 2.13. The van der Waals surface area contributed by atoms with Gasteiger partial charge < -0.3 is 11.1 Å². The summed E-state index contributed by atoms with van der Waals surface area (Å²) in [4.78, 5) is 7.96. The Bertz CT molecular complexity index is 1080. The van der Waals surface area contributed by atoms with Gasteiger partial charge in [-0.15, -0.1) is 11.6 Å². The fraction of sp³-hybridized carbons (Fsp3) is 0.333. The van der Waals surface area contributed by atoms with Crippen molar-refractivity contribution >= 4 is 38.8 Å². The van der Waals surface area contributed by atoms with E-state index >= 15 is 0 Å². The van der Waals surface area contributed by atoms with Crippen LogP contribution in [0.4, 0.5) is 18.3 Å². The van der Waals surface area contributed by atoms with Gasteiger partial charge in [-0.2, -0.15) is 13.2 Å². The standard InChI is InChI=1S/C21H20ClF3N4S/c22-16-5-3-12(4-6-16)17(26)11-28-20-29-19(21(23,24)25)18(30-20)14-1-2-15-10-27-8-7-13(15)9-14/h1-2,7-10,16H,3-6,11,26H2,(H,28,29). The highest BCUT2D eigenvalue weighted by molar-refractivity contribution is 7.19. The van der Waals surface area contributed by atoms with Crippen LogP contribution in [0.2, 0.25) is 0 Å². The molecule has 9 heteroatoms. The summed E-state index contributed by atoms with van der Waals surface area (Å²) in [7, 11) is 0. The van der Waals surface area contributed by atoms with Crippen LogP contribution in [0.5, 0.6) is 0 Å². The summed E-state index contributed by atoms with van der Waals surface area (Å²) in [6.45, 7) is 0.260. The topological polar surface area (TPSA) is 63.8 Å². The van der Waals surface area contributed by atoms with Gasteiger partial charge in [-0.3, -0.25) is 4.98 Å². The Labute approximate surface area is 181 Å². The van der Waals surface area contributed by atoms with Crippen LogP contribution in [0.1, 0.15) is 31.4 Å². The summed E-state index contributed by atoms with van der Waals surface area (Å²) < 4.78 is 40.9. The lowest BCUT2D eigenvalue weighted by molar-refractivity contribution is -0.140. The fourth-order valence-electron chi connectivity index (χ4n) is 3.56. The average Bonchev–Trinajstić information content (AvgIpc) is 3.17. The molecule has 0 saturated heterocycles. The number of aromatic nitrogens is 2. The van der Waals surface area contributed by atoms with E-state index in [0.717, 1.165) is 53.4 Å². The molecular weight excluding hydrogens is 433 g/mol. The van der Waals surface area contributed by atoms with Crippen molar-refractivity contribution in [3.05, 3.63) is 53.6 Å². The third kappa shape index (κ3) is 4.54. The summed E-state index contributed by atoms with van der Waals surface area (Å²) >= 11 is 7.10. The van der Waals surface area contributed by atoms with Gasteiger partial charge in [-0.25, -0.2) is 4.98 Å². The third-order valence-electron chi connectivity index (χ3n) is 5.20. The highest BCUT2D eigenvalue weighted by Crippen LogP contribution is 2.42. The Balaban J connectivity index is 1.61. The summed E-state index contributed by atoms with van der Waals surface area (Å²) in [5.74, 6) is 0. The number of benzene rings is 1. The largest absolute Gasteiger partial charge is 0.434 e. The van der Waals surface area contributed by atoms with Crippen LogP contribution >= 0.6 is 22.9 Å². The van der Waals surface area contributed by atoms with Crippen molar-refractivity contribution in [2.45, 2.75) is 37.2 Å². The monoisotopic (exact) mass is 452 g/mol. The molecule has 0 radical (unpaired) electrons. The number of alkyl halides is 4. The first kappa shape index (κ1) is 20.9. The first-order valence-corrected chi connectivity index (χ1v) is 10.8. The SMILES string of the molecule is NC(CNc1nc(C(F)(F)F)c(-c2ccc3cnccc3c2)s1)=C1CCC(Cl)CC1. The van der Waals surface area contributed by atoms with Gasteiger partial charge in [-0.1, -0.05) is 23.5 Å². The van der Waals surface area contributed by atoms with Crippen LogP contribution in [0, 0.1) is 0 Å². The van der Waals surface area contributed by atoms with E-state index in [4.69, 9.17) is 17.3 Å². The summed E-state index contributed by atoms with van der Waals surface area (Å²) in [6, 6.07) is 6.93. The second-order valence-electron chi connectivity index (χ2n) is 7.29. The van der Waals surface area contributed by atoms with Crippen LogP contribution in [0.25, 0.3) is 21.2 Å². The van der Waals surface area contributed by atoms with Crippen molar-refractivity contribution in [2.75, 3.05) is 11.9 Å². The number of pyridine rings is 1. The van der Waals surface area contributed by atoms with Crippen molar-refractivity contribution in [1.82, 2.24) is 9.97 Å². The smallest absolute Gasteiger partial charge is 0.401 e. The summed E-state index contributed by atoms with van der Waals surface area (Å²) in [5, 5.41) is 5.03. The Morgan fingerprint density at radius 3 is 2.70 bits per heavy atom. The first-order valence-electron chi connectivity index (χ1n) is 9.58. The number of nitrogens with zero attached hydrogens (tertiary/aromatic N) is 2. The maximum Gasteiger partial charge on any atom is 0.434 e. The van der Waals surface area contributed by atoms with Crippen molar-refractivity contribution in [3.63, 3.8) is 0 Å². The van der Waals surface area contributed by atoms with Crippen molar-refractivity contribution in [2.24, 2.45) is 5.73 Å². The normalized spacial score (nSPS) is 17.3. The van der Waals surface area contributed by atoms with E-state index in [1.165, 1.54) is 0 Å². The molecule has 1 aliphatic rings. The van der Waals surface area contributed by atoms with Crippen molar-refractivity contribution in [1.29, 1.82) is 0 Å². The van der Waals surface area contributed by atoms with E-state index in [1.807, 2.05) is 0 Å². The van der Waals surface area contributed by atoms with Crippen molar-refractivity contribution < 1.29 is 13.2 Å². The van der Waals surface area contributed by atoms with Gasteiger partial charge in [0.15, 0.2) is 10.8 Å². The lowest BCUT2D eigenvalue weighted by atomic mass is 9.93. The molecule has 0 aliphatic heterocycles. The van der Waals surface area contributed by atoms with Crippen LogP contribution in [0.3, 0.4) is 0 Å². The fourth-order valence-corrected chi connectivity index (χ4v) is 4.75. The lowest BCUT2D eigenvalue weighted by Gasteiger charge is -2.20. The predicted octanol–water partition coefficient (Wildman–Crippen LogP) is 6.18. The number of rotatable bonds is 4. The van der Waals surface area contributed by atoms with E-state index in [-0.39, 0.29) is 21.9 Å². The Morgan fingerprint density at radius 2 is 1.97 bits per heavy atom. The molecule has 0 unspecified atom stereocenters. The van der Waals surface area contributed by atoms with Crippen LogP contribution in [0.15, 0.2) is 47.9 Å². The second-order valence-corrected chi connectivity index (χ2v) is 8.91. The molecule has 4 rings (SSSR count). The number of fused-ring (bicyclic) bond motifs is 1. The molecule has 0 bridgehead atoms. The van der Waals surface area contributed by atoms with Gasteiger partial charge >= 0.3 is 6.18 Å². The molecule has 0 atom stereocenters. The molecule has 0 spiro atoms. The van der Waals surface area contributed by atoms with Gasteiger partial charge in [0.2, 0.25) is 0 Å². The van der Waals surface area contributed by atoms with E-state index in [0.29, 0.717) is 11.3 Å². The van der Waals surface area contributed by atoms with Gasteiger partial charge in [0, 0.05) is 28.9 Å². The van der Waals surface area contributed by atoms with E-state index in [1.54, 1.807) is 36.7 Å². The minimum Gasteiger partial charge on any atom is -0.401 e. The molecule has 4 nitrogen and oxygen atoms in total. The van der Waals surface area contributed by atoms with E-state index < -0.39 is 11.9 Å². The van der Waals surface area contributed by atoms with Gasteiger partial charge in [0.05, 0.1) is 11.4 Å². The Kier molecular flexibility index (Phi) is 5.88. The molecule has 3 N–H and O–H groups in total. The maximum atomic E-state index is 13.6. The zero-order valence-electron chi connectivity index (χ0n) is 16.0. The second kappa shape index (κ2) is 8.43. The minimum absolute atomic E-state index is 0.0811. The molecule has 0 amide bonds. The number of allylic oxidation sites excluding steroid dienone is 1.